The van der Waals surface area contributed by atoms with Crippen molar-refractivity contribution < 1.29 is 9.47 Å². The lowest BCUT2D eigenvalue weighted by atomic mass is 10.1. The molecule has 0 aliphatic heterocycles. The fraction of sp³-hybridized carbons (Fsp3) is 0.200. The molecular formula is C20H17IN2O3S. The third kappa shape index (κ3) is 2.98. The van der Waals surface area contributed by atoms with Gasteiger partial charge in [-0.15, -0.1) is 0 Å². The number of hydrogen-bond acceptors (Lipinski definition) is 5. The normalized spacial score (nSPS) is 12.3. The smallest absolute Gasteiger partial charge is 0.274 e. The van der Waals surface area contributed by atoms with Gasteiger partial charge in [0.15, 0.2) is 16.5 Å². The minimum atomic E-state index is -0.0504. The molecule has 138 valence electrons. The highest BCUT2D eigenvalue weighted by atomic mass is 127. The third-order valence-corrected chi connectivity index (χ3v) is 6.38. The third-order valence-electron chi connectivity index (χ3n) is 4.61. The van der Waals surface area contributed by atoms with Gasteiger partial charge in [0, 0.05) is 0 Å². The van der Waals surface area contributed by atoms with Crippen LogP contribution in [0.5, 0.6) is 11.5 Å². The molecule has 5 nitrogen and oxygen atoms in total. The molecule has 0 saturated heterocycles. The number of aryl methyl sites for hydroxylation is 2. The maximum atomic E-state index is 13.0. The number of fused-ring (bicyclic) bond motifs is 3. The molecule has 4 aromatic rings. The molecule has 0 aliphatic rings. The average molecular weight is 492 g/mol. The van der Waals surface area contributed by atoms with E-state index in [0.717, 1.165) is 25.7 Å². The average Bonchev–Trinajstić information content (AvgIpc) is 3.11. The Morgan fingerprint density at radius 1 is 1.11 bits per heavy atom. The summed E-state index contributed by atoms with van der Waals surface area (Å²) in [5.41, 5.74) is 4.87. The molecule has 0 unspecified atom stereocenters. The molecule has 0 fully saturated rings. The molecule has 7 heteroatoms. The van der Waals surface area contributed by atoms with E-state index in [1.54, 1.807) is 18.6 Å². The van der Waals surface area contributed by atoms with E-state index in [1.165, 1.54) is 16.9 Å². The summed E-state index contributed by atoms with van der Waals surface area (Å²) in [4.78, 5) is 18.4. The number of ether oxygens (including phenoxy) is 2. The molecule has 0 aliphatic carbocycles. The Labute approximate surface area is 173 Å². The number of rotatable bonds is 3. The first-order valence-electron chi connectivity index (χ1n) is 8.28. The van der Waals surface area contributed by atoms with Gasteiger partial charge in [-0.25, -0.2) is 9.38 Å². The van der Waals surface area contributed by atoms with E-state index in [-0.39, 0.29) is 5.56 Å². The van der Waals surface area contributed by atoms with Gasteiger partial charge in [0.05, 0.1) is 33.4 Å². The fourth-order valence-electron chi connectivity index (χ4n) is 3.09. The quantitative estimate of drug-likeness (QED) is 0.410. The maximum Gasteiger partial charge on any atom is 0.274 e. The number of imidazole rings is 1. The molecule has 2 aromatic heterocycles. The monoisotopic (exact) mass is 492 g/mol. The minimum Gasteiger partial charge on any atom is -0.493 e. The standard InChI is InChI=1S/C20H17IN2O3S/c1-10-5-14-15(6-11(10)2)23-19(24)17(27-20(23)22-14)9-12-7-13(21)18(26-4)16(8-12)25-3/h5-9H,1-4H3/b17-9-. The Balaban J connectivity index is 1.95. The lowest BCUT2D eigenvalue weighted by Gasteiger charge is -2.10. The van der Waals surface area contributed by atoms with Crippen LogP contribution in [0, 0.1) is 17.4 Å². The highest BCUT2D eigenvalue weighted by molar-refractivity contribution is 14.1. The molecule has 2 heterocycles. The van der Waals surface area contributed by atoms with Crippen LogP contribution in [0.4, 0.5) is 0 Å². The zero-order valence-corrected chi connectivity index (χ0v) is 18.3. The van der Waals surface area contributed by atoms with Crippen LogP contribution in [-0.2, 0) is 0 Å². The molecule has 0 atom stereocenters. The summed E-state index contributed by atoms with van der Waals surface area (Å²) in [5, 5.41) is 0. The van der Waals surface area contributed by atoms with Crippen molar-refractivity contribution in [2.24, 2.45) is 0 Å². The van der Waals surface area contributed by atoms with E-state index in [1.807, 2.05) is 37.3 Å². The van der Waals surface area contributed by atoms with E-state index in [0.29, 0.717) is 21.0 Å². The lowest BCUT2D eigenvalue weighted by molar-refractivity contribution is 0.353. The zero-order valence-electron chi connectivity index (χ0n) is 15.3. The Morgan fingerprint density at radius 2 is 1.85 bits per heavy atom. The fourth-order valence-corrected chi connectivity index (χ4v) is 4.92. The van der Waals surface area contributed by atoms with E-state index >= 15 is 0 Å². The number of thiazole rings is 1. The predicted molar refractivity (Wildman–Crippen MR) is 117 cm³/mol. The van der Waals surface area contributed by atoms with Crippen molar-refractivity contribution >= 4 is 56.0 Å². The van der Waals surface area contributed by atoms with Crippen LogP contribution >= 0.6 is 33.9 Å². The number of benzene rings is 2. The second-order valence-corrected chi connectivity index (χ2v) is 8.48. The van der Waals surface area contributed by atoms with Crippen LogP contribution in [0.15, 0.2) is 29.1 Å². The second kappa shape index (κ2) is 6.79. The Morgan fingerprint density at radius 3 is 2.56 bits per heavy atom. The predicted octanol–water partition coefficient (Wildman–Crippen LogP) is 3.70. The summed E-state index contributed by atoms with van der Waals surface area (Å²) < 4.78 is 14.1. The van der Waals surface area contributed by atoms with Gasteiger partial charge in [-0.2, -0.15) is 0 Å². The number of hydrogen-bond donors (Lipinski definition) is 0. The minimum absolute atomic E-state index is 0.0504. The Bertz CT molecular complexity index is 1310. The van der Waals surface area contributed by atoms with Crippen LogP contribution in [0.3, 0.4) is 0 Å². The van der Waals surface area contributed by atoms with Crippen LogP contribution in [-0.4, -0.2) is 23.6 Å². The highest BCUT2D eigenvalue weighted by Crippen LogP contribution is 2.33. The van der Waals surface area contributed by atoms with Gasteiger partial charge in [-0.3, -0.25) is 4.79 Å². The van der Waals surface area contributed by atoms with Gasteiger partial charge >= 0.3 is 0 Å². The molecule has 0 spiro atoms. The molecule has 0 bridgehead atoms. The van der Waals surface area contributed by atoms with Gasteiger partial charge in [-0.05, 0) is 83.5 Å². The van der Waals surface area contributed by atoms with Gasteiger partial charge in [0.2, 0.25) is 0 Å². The van der Waals surface area contributed by atoms with Crippen molar-refractivity contribution in [3.8, 4) is 11.5 Å². The van der Waals surface area contributed by atoms with Crippen LogP contribution in [0.1, 0.15) is 16.7 Å². The van der Waals surface area contributed by atoms with Crippen LogP contribution in [0.25, 0.3) is 22.1 Å². The van der Waals surface area contributed by atoms with E-state index in [9.17, 15) is 4.79 Å². The van der Waals surface area contributed by atoms with Gasteiger partial charge < -0.3 is 9.47 Å². The summed E-state index contributed by atoms with van der Waals surface area (Å²) >= 11 is 3.60. The number of halogens is 1. The molecule has 0 radical (unpaired) electrons. The first kappa shape index (κ1) is 18.2. The topological polar surface area (TPSA) is 52.8 Å². The zero-order chi connectivity index (χ0) is 19.3. The van der Waals surface area contributed by atoms with Crippen molar-refractivity contribution in [2.75, 3.05) is 14.2 Å². The van der Waals surface area contributed by atoms with Crippen LogP contribution < -0.4 is 19.6 Å². The molecule has 27 heavy (non-hydrogen) atoms. The number of methoxy groups -OCH3 is 2. The Hall–Kier alpha value is -2.13. The first-order chi connectivity index (χ1) is 12.9. The molecule has 0 amide bonds. The largest absolute Gasteiger partial charge is 0.493 e. The van der Waals surface area contributed by atoms with Crippen molar-refractivity contribution in [3.63, 3.8) is 0 Å². The molecule has 2 aromatic carbocycles. The molecular weight excluding hydrogens is 475 g/mol. The molecule has 0 N–H and O–H groups in total. The van der Waals surface area contributed by atoms with Crippen molar-refractivity contribution in [2.45, 2.75) is 13.8 Å². The second-order valence-electron chi connectivity index (χ2n) is 6.31. The maximum absolute atomic E-state index is 13.0. The van der Waals surface area contributed by atoms with Crippen molar-refractivity contribution in [1.29, 1.82) is 0 Å². The molecule has 4 rings (SSSR count). The number of aromatic nitrogens is 2. The summed E-state index contributed by atoms with van der Waals surface area (Å²) in [6.45, 7) is 4.10. The lowest BCUT2D eigenvalue weighted by Crippen LogP contribution is -2.22. The summed E-state index contributed by atoms with van der Waals surface area (Å²) in [6, 6.07) is 7.90. The van der Waals surface area contributed by atoms with Crippen LogP contribution in [0.2, 0.25) is 0 Å². The first-order valence-corrected chi connectivity index (χ1v) is 10.2. The number of nitrogens with zero attached hydrogens (tertiary/aromatic N) is 2. The Kier molecular flexibility index (Phi) is 4.59. The van der Waals surface area contributed by atoms with Crippen molar-refractivity contribution in [1.82, 2.24) is 9.38 Å². The highest BCUT2D eigenvalue weighted by Gasteiger charge is 2.13. The summed E-state index contributed by atoms with van der Waals surface area (Å²) in [5.74, 6) is 1.33. The van der Waals surface area contributed by atoms with E-state index < -0.39 is 0 Å². The van der Waals surface area contributed by atoms with Crippen molar-refractivity contribution in [3.05, 3.63) is 59.4 Å². The van der Waals surface area contributed by atoms with Gasteiger partial charge in [0.1, 0.15) is 0 Å². The summed E-state index contributed by atoms with van der Waals surface area (Å²) in [6.07, 6.45) is 1.87. The summed E-state index contributed by atoms with van der Waals surface area (Å²) in [7, 11) is 3.22. The van der Waals surface area contributed by atoms with E-state index in [2.05, 4.69) is 34.5 Å². The SMILES string of the molecule is COc1cc(/C=c2\sc3nc4cc(C)c(C)cc4n3c2=O)cc(I)c1OC. The van der Waals surface area contributed by atoms with Gasteiger partial charge in [-0.1, -0.05) is 11.3 Å². The van der Waals surface area contributed by atoms with Gasteiger partial charge in [0.25, 0.3) is 5.56 Å². The van der Waals surface area contributed by atoms with E-state index in [4.69, 9.17) is 9.47 Å². The molecule has 0 saturated carbocycles.